The van der Waals surface area contributed by atoms with Crippen molar-refractivity contribution in [2.45, 2.75) is 95.8 Å². The van der Waals surface area contributed by atoms with E-state index in [1.807, 2.05) is 24.3 Å². The number of anilines is 1. The lowest BCUT2D eigenvalue weighted by molar-refractivity contribution is -0.121. The Morgan fingerprint density at radius 2 is 1.41 bits per heavy atom. The highest BCUT2D eigenvalue weighted by atomic mass is 35.5. The van der Waals surface area contributed by atoms with Gasteiger partial charge in [-0.15, -0.1) is 0 Å². The third-order valence-electron chi connectivity index (χ3n) is 7.72. The normalized spacial score (nSPS) is 13.4. The number of halogens is 1. The second-order valence-electron chi connectivity index (χ2n) is 13.3. The molecule has 8 heteroatoms. The maximum atomic E-state index is 13.3. The van der Waals surface area contributed by atoms with E-state index < -0.39 is 21.9 Å². The largest absolute Gasteiger partial charge is 0.328 e. The van der Waals surface area contributed by atoms with Crippen molar-refractivity contribution < 1.29 is 18.0 Å². The fourth-order valence-electron chi connectivity index (χ4n) is 5.04. The summed E-state index contributed by atoms with van der Waals surface area (Å²) in [6.45, 7) is 12.7. The molecule has 1 unspecified atom stereocenters. The van der Waals surface area contributed by atoms with E-state index in [-0.39, 0.29) is 27.8 Å². The number of nitrogens with one attached hydrogen (secondary N) is 2. The number of carbonyl (C=O) groups is 2. The highest BCUT2D eigenvalue weighted by Crippen LogP contribution is 2.25. The standard InChI is InChI=1S/C36H47ClN2O4S/c1-25(2)8-7-9-26(3)22-34(40)33(23-27-10-16-30(37)17-11-27)39-35(41)38-31-18-12-28(13-19-31)24-44(42,43)32-20-14-29(15-21-32)36(4,5)6/h10-21,25-26,33H,7-9,22-24H2,1-6H3,(H2,38,39,41)/t26?,33-/m1/s1. The topological polar surface area (TPSA) is 92.3 Å². The van der Waals surface area contributed by atoms with Gasteiger partial charge >= 0.3 is 6.03 Å². The lowest BCUT2D eigenvalue weighted by Crippen LogP contribution is -2.44. The van der Waals surface area contributed by atoms with Gasteiger partial charge in [-0.05, 0) is 76.8 Å². The molecule has 0 bridgehead atoms. The Balaban J connectivity index is 1.63. The Hall–Kier alpha value is -3.16. The predicted octanol–water partition coefficient (Wildman–Crippen LogP) is 8.77. The molecule has 6 nitrogen and oxygen atoms in total. The molecule has 0 aliphatic rings. The minimum absolute atomic E-state index is 0.0109. The van der Waals surface area contributed by atoms with Gasteiger partial charge in [-0.25, -0.2) is 13.2 Å². The van der Waals surface area contributed by atoms with E-state index in [2.05, 4.69) is 52.2 Å². The van der Waals surface area contributed by atoms with Crippen molar-refractivity contribution in [3.8, 4) is 0 Å². The van der Waals surface area contributed by atoms with Crippen molar-refractivity contribution in [2.24, 2.45) is 11.8 Å². The summed E-state index contributed by atoms with van der Waals surface area (Å²) >= 11 is 6.04. The van der Waals surface area contributed by atoms with Crippen LogP contribution in [0.15, 0.2) is 77.7 Å². The molecule has 0 aliphatic carbocycles. The summed E-state index contributed by atoms with van der Waals surface area (Å²) in [5.41, 5.74) is 3.01. The van der Waals surface area contributed by atoms with E-state index in [0.717, 1.165) is 30.4 Å². The van der Waals surface area contributed by atoms with Gasteiger partial charge < -0.3 is 10.6 Å². The lowest BCUT2D eigenvalue weighted by Gasteiger charge is -2.21. The SMILES string of the molecule is CC(C)CCCC(C)CC(=O)[C@@H](Cc1ccc(Cl)cc1)NC(=O)Nc1ccc(CS(=O)(=O)c2ccc(C(C)(C)C)cc2)cc1. The van der Waals surface area contributed by atoms with E-state index in [1.54, 1.807) is 48.5 Å². The van der Waals surface area contributed by atoms with Gasteiger partial charge in [0.1, 0.15) is 0 Å². The van der Waals surface area contributed by atoms with Crippen LogP contribution in [0.25, 0.3) is 0 Å². The molecule has 0 aliphatic heterocycles. The number of hydrogen-bond acceptors (Lipinski definition) is 4. The molecule has 0 spiro atoms. The zero-order valence-corrected chi connectivity index (χ0v) is 28.4. The van der Waals surface area contributed by atoms with Crippen molar-refractivity contribution in [1.29, 1.82) is 0 Å². The molecule has 2 N–H and O–H groups in total. The van der Waals surface area contributed by atoms with Crippen LogP contribution in [0.1, 0.15) is 83.9 Å². The smallest absolute Gasteiger partial charge is 0.319 e. The molecule has 2 atom stereocenters. The van der Waals surface area contributed by atoms with Crippen molar-refractivity contribution in [3.05, 3.63) is 94.5 Å². The van der Waals surface area contributed by atoms with Gasteiger partial charge in [0, 0.05) is 17.1 Å². The number of ketones is 1. The van der Waals surface area contributed by atoms with E-state index in [4.69, 9.17) is 11.6 Å². The molecule has 0 fully saturated rings. The number of benzene rings is 3. The molecule has 0 saturated heterocycles. The maximum absolute atomic E-state index is 13.3. The van der Waals surface area contributed by atoms with Crippen LogP contribution >= 0.6 is 11.6 Å². The van der Waals surface area contributed by atoms with Crippen LogP contribution in [0, 0.1) is 11.8 Å². The van der Waals surface area contributed by atoms with Crippen LogP contribution in [0.4, 0.5) is 10.5 Å². The lowest BCUT2D eigenvalue weighted by atomic mass is 9.87. The average Bonchev–Trinajstić information content (AvgIpc) is 2.94. The van der Waals surface area contributed by atoms with Crippen LogP contribution in [0.2, 0.25) is 5.02 Å². The molecule has 44 heavy (non-hydrogen) atoms. The third kappa shape index (κ3) is 11.4. The quantitative estimate of drug-likeness (QED) is 0.185. The summed E-state index contributed by atoms with van der Waals surface area (Å²) < 4.78 is 26.0. The predicted molar refractivity (Wildman–Crippen MR) is 181 cm³/mol. The number of rotatable bonds is 14. The fraction of sp³-hybridized carbons (Fsp3) is 0.444. The molecular formula is C36H47ClN2O4S. The average molecular weight is 639 g/mol. The number of amides is 2. The van der Waals surface area contributed by atoms with Gasteiger partial charge in [-0.2, -0.15) is 0 Å². The molecule has 0 saturated carbocycles. The summed E-state index contributed by atoms with van der Waals surface area (Å²) in [5, 5.41) is 6.27. The van der Waals surface area contributed by atoms with Crippen molar-refractivity contribution >= 4 is 38.9 Å². The number of carbonyl (C=O) groups excluding carboxylic acids is 2. The number of Topliss-reactive ketones (excluding diaryl/α,β-unsaturated/α-hetero) is 1. The molecular weight excluding hydrogens is 592 g/mol. The second-order valence-corrected chi connectivity index (χ2v) is 15.7. The first kappa shape index (κ1) is 35.3. The Labute approximate surface area is 268 Å². The van der Waals surface area contributed by atoms with Crippen LogP contribution < -0.4 is 10.6 Å². The third-order valence-corrected chi connectivity index (χ3v) is 9.68. The highest BCUT2D eigenvalue weighted by Gasteiger charge is 2.23. The molecule has 238 valence electrons. The Kier molecular flexibility index (Phi) is 12.6. The van der Waals surface area contributed by atoms with Gasteiger partial charge in [0.05, 0.1) is 16.7 Å². The first-order valence-electron chi connectivity index (χ1n) is 15.4. The molecule has 0 aromatic heterocycles. The minimum Gasteiger partial charge on any atom is -0.328 e. The van der Waals surface area contributed by atoms with Crippen LogP contribution in [0.3, 0.4) is 0 Å². The van der Waals surface area contributed by atoms with Crippen molar-refractivity contribution in [2.75, 3.05) is 5.32 Å². The molecule has 3 aromatic carbocycles. The summed E-state index contributed by atoms with van der Waals surface area (Å²) in [7, 11) is -3.54. The van der Waals surface area contributed by atoms with Gasteiger partial charge in [0.25, 0.3) is 0 Å². The zero-order chi connectivity index (χ0) is 32.5. The number of urea groups is 1. The summed E-state index contributed by atoms with van der Waals surface area (Å²) in [5.74, 6) is 0.689. The fourth-order valence-corrected chi connectivity index (χ4v) is 6.51. The molecule has 0 radical (unpaired) electrons. The Morgan fingerprint density at radius 3 is 1.98 bits per heavy atom. The van der Waals surface area contributed by atoms with Gasteiger partial charge in [0.15, 0.2) is 15.6 Å². The number of hydrogen-bond donors (Lipinski definition) is 2. The van der Waals surface area contributed by atoms with Crippen LogP contribution in [0.5, 0.6) is 0 Å². The first-order chi connectivity index (χ1) is 20.6. The highest BCUT2D eigenvalue weighted by molar-refractivity contribution is 7.90. The van der Waals surface area contributed by atoms with Gasteiger partial charge in [-0.1, -0.05) is 109 Å². The molecule has 2 amide bonds. The van der Waals surface area contributed by atoms with Gasteiger partial charge in [0.2, 0.25) is 0 Å². The monoisotopic (exact) mass is 638 g/mol. The summed E-state index contributed by atoms with van der Waals surface area (Å²) in [6.07, 6.45) is 3.91. The van der Waals surface area contributed by atoms with Crippen LogP contribution in [-0.4, -0.2) is 26.3 Å². The van der Waals surface area contributed by atoms with Crippen molar-refractivity contribution in [1.82, 2.24) is 5.32 Å². The summed E-state index contributed by atoms with van der Waals surface area (Å²) in [4.78, 5) is 26.6. The second kappa shape index (κ2) is 15.7. The molecule has 3 rings (SSSR count). The van der Waals surface area contributed by atoms with E-state index in [9.17, 15) is 18.0 Å². The van der Waals surface area contributed by atoms with E-state index >= 15 is 0 Å². The van der Waals surface area contributed by atoms with Crippen LogP contribution in [-0.2, 0) is 32.2 Å². The van der Waals surface area contributed by atoms with Gasteiger partial charge in [-0.3, -0.25) is 4.79 Å². The Bertz CT molecular complexity index is 1480. The van der Waals surface area contributed by atoms with E-state index in [1.165, 1.54) is 0 Å². The number of sulfone groups is 1. The zero-order valence-electron chi connectivity index (χ0n) is 26.8. The summed E-state index contributed by atoms with van der Waals surface area (Å²) in [6, 6.07) is 19.8. The minimum atomic E-state index is -3.54. The Morgan fingerprint density at radius 1 is 0.818 bits per heavy atom. The first-order valence-corrected chi connectivity index (χ1v) is 17.4. The molecule has 3 aromatic rings. The molecule has 0 heterocycles. The maximum Gasteiger partial charge on any atom is 0.319 e. The van der Waals surface area contributed by atoms with E-state index in [0.29, 0.717) is 35.0 Å². The van der Waals surface area contributed by atoms with Crippen molar-refractivity contribution in [3.63, 3.8) is 0 Å².